The van der Waals surface area contributed by atoms with Gasteiger partial charge in [0.25, 0.3) is 5.91 Å². The first kappa shape index (κ1) is 25.2. The molecule has 1 atom stereocenters. The molecule has 0 aromatic rings. The fourth-order valence-electron chi connectivity index (χ4n) is 2.08. The van der Waals surface area contributed by atoms with Crippen LogP contribution in [0.25, 0.3) is 0 Å². The molecule has 1 unspecified atom stereocenters. The predicted octanol–water partition coefficient (Wildman–Crippen LogP) is 0.959. The Hall–Kier alpha value is 0.926. The Balaban J connectivity index is -0.00000200. The Morgan fingerprint density at radius 2 is 1.50 bits per heavy atom. The molecule has 0 rings (SSSR count). The molecule has 0 bridgehead atoms. The van der Waals surface area contributed by atoms with E-state index in [4.69, 9.17) is 4.74 Å². The number of rotatable bonds is 13. The quantitative estimate of drug-likeness (QED) is 0.170. The minimum Gasteiger partial charge on any atom is -1.00 e. The van der Waals surface area contributed by atoms with E-state index in [-0.39, 0.29) is 64.7 Å². The van der Waals surface area contributed by atoms with E-state index in [1.54, 1.807) is 0 Å². The van der Waals surface area contributed by atoms with E-state index in [9.17, 15) is 9.59 Å². The van der Waals surface area contributed by atoms with E-state index in [0.717, 1.165) is 12.8 Å². The molecule has 0 aromatic carbocycles. The second kappa shape index (κ2) is 18.3. The van der Waals surface area contributed by atoms with Gasteiger partial charge in [0.15, 0.2) is 0 Å². The van der Waals surface area contributed by atoms with Gasteiger partial charge in [-0.25, -0.2) is 0 Å². The molecule has 1 N–H and O–H groups in total. The average Bonchev–Trinajstić information content (AvgIpc) is 2.45. The SMILES string of the molecule is CCCCCCCCCCCC(=O)OC(S)C(=O)NCC.[H-].[K+]. The van der Waals surface area contributed by atoms with Crippen LogP contribution in [-0.2, 0) is 14.3 Å². The molecular weight excluding hydrogens is 325 g/mol. The second-order valence-corrected chi connectivity index (χ2v) is 5.78. The number of carbonyl (C=O) groups is 2. The molecule has 0 aliphatic carbocycles. The molecule has 0 saturated carbocycles. The predicted molar refractivity (Wildman–Crippen MR) is 90.5 cm³/mol. The van der Waals surface area contributed by atoms with Gasteiger partial charge >= 0.3 is 57.4 Å². The molecular formula is C16H32KNO3S. The summed E-state index contributed by atoms with van der Waals surface area (Å²) >= 11 is 3.96. The zero-order valence-corrected chi connectivity index (χ0v) is 18.5. The van der Waals surface area contributed by atoms with Crippen LogP contribution < -0.4 is 56.7 Å². The summed E-state index contributed by atoms with van der Waals surface area (Å²) in [5, 5.41) is 2.56. The molecule has 6 heteroatoms. The molecule has 0 saturated heterocycles. The second-order valence-electron chi connectivity index (χ2n) is 5.32. The van der Waals surface area contributed by atoms with E-state index in [1.165, 1.54) is 44.9 Å². The topological polar surface area (TPSA) is 55.4 Å². The molecule has 0 radical (unpaired) electrons. The van der Waals surface area contributed by atoms with Gasteiger partial charge in [0.2, 0.25) is 5.44 Å². The van der Waals surface area contributed by atoms with Crippen molar-refractivity contribution >= 4 is 24.5 Å². The van der Waals surface area contributed by atoms with Crippen molar-refractivity contribution in [1.82, 2.24) is 5.32 Å². The minimum absolute atomic E-state index is 0. The number of hydrogen-bond donors (Lipinski definition) is 2. The van der Waals surface area contributed by atoms with Crippen LogP contribution in [0.1, 0.15) is 79.5 Å². The molecule has 0 spiro atoms. The smallest absolute Gasteiger partial charge is 1.00 e. The summed E-state index contributed by atoms with van der Waals surface area (Å²) in [7, 11) is 0. The van der Waals surface area contributed by atoms with Gasteiger partial charge in [0.05, 0.1) is 0 Å². The van der Waals surface area contributed by atoms with Crippen LogP contribution in [-0.4, -0.2) is 23.9 Å². The number of ether oxygens (including phenoxy) is 1. The van der Waals surface area contributed by atoms with E-state index in [1.807, 2.05) is 6.92 Å². The first-order valence-corrected chi connectivity index (χ1v) is 8.78. The number of esters is 1. The minimum atomic E-state index is -0.990. The van der Waals surface area contributed by atoms with Crippen LogP contribution in [0, 0.1) is 0 Å². The average molecular weight is 358 g/mol. The first-order valence-electron chi connectivity index (χ1n) is 8.27. The van der Waals surface area contributed by atoms with Gasteiger partial charge in [-0.2, -0.15) is 0 Å². The number of likely N-dealkylation sites (N-methyl/N-ethyl adjacent to an activating group) is 1. The fraction of sp³-hybridized carbons (Fsp3) is 0.875. The molecule has 4 nitrogen and oxygen atoms in total. The van der Waals surface area contributed by atoms with Gasteiger partial charge in [-0.1, -0.05) is 58.3 Å². The number of hydrogen-bond acceptors (Lipinski definition) is 4. The summed E-state index contributed by atoms with van der Waals surface area (Å²) < 4.78 is 4.95. The fourth-order valence-corrected chi connectivity index (χ4v) is 2.29. The Morgan fingerprint density at radius 1 is 1.00 bits per heavy atom. The van der Waals surface area contributed by atoms with Gasteiger partial charge in [-0.3, -0.25) is 9.59 Å². The van der Waals surface area contributed by atoms with Gasteiger partial charge in [0.1, 0.15) is 0 Å². The van der Waals surface area contributed by atoms with Gasteiger partial charge < -0.3 is 11.5 Å². The molecule has 1 amide bonds. The summed E-state index contributed by atoms with van der Waals surface area (Å²) in [6.45, 7) is 4.54. The third-order valence-electron chi connectivity index (χ3n) is 3.30. The number of unbranched alkanes of at least 4 members (excludes halogenated alkanes) is 8. The Labute approximate surface area is 185 Å². The normalized spacial score (nSPS) is 11.4. The van der Waals surface area contributed by atoms with Crippen LogP contribution in [0.15, 0.2) is 0 Å². The van der Waals surface area contributed by atoms with Crippen molar-refractivity contribution in [2.75, 3.05) is 6.54 Å². The number of amides is 1. The van der Waals surface area contributed by atoms with Crippen LogP contribution in [0.2, 0.25) is 0 Å². The van der Waals surface area contributed by atoms with Crippen molar-refractivity contribution in [2.45, 2.75) is 83.5 Å². The summed E-state index contributed by atoms with van der Waals surface area (Å²) in [5.74, 6) is -0.703. The third-order valence-corrected chi connectivity index (χ3v) is 3.64. The zero-order valence-electron chi connectivity index (χ0n) is 15.5. The van der Waals surface area contributed by atoms with E-state index in [0.29, 0.717) is 13.0 Å². The van der Waals surface area contributed by atoms with Crippen molar-refractivity contribution in [3.63, 3.8) is 0 Å². The van der Waals surface area contributed by atoms with Crippen LogP contribution in [0.5, 0.6) is 0 Å². The zero-order chi connectivity index (χ0) is 15.9. The maximum atomic E-state index is 11.5. The Bertz CT molecular complexity index is 296. The maximum absolute atomic E-state index is 11.5. The van der Waals surface area contributed by atoms with Crippen molar-refractivity contribution in [3.05, 3.63) is 0 Å². The monoisotopic (exact) mass is 357 g/mol. The van der Waals surface area contributed by atoms with Crippen molar-refractivity contribution in [3.8, 4) is 0 Å². The molecule has 0 aliphatic heterocycles. The van der Waals surface area contributed by atoms with E-state index in [2.05, 4.69) is 24.9 Å². The molecule has 22 heavy (non-hydrogen) atoms. The summed E-state index contributed by atoms with van der Waals surface area (Å²) in [5.41, 5.74) is -0.990. The van der Waals surface area contributed by atoms with Crippen LogP contribution in [0.3, 0.4) is 0 Å². The molecule has 0 aliphatic rings. The van der Waals surface area contributed by atoms with Crippen molar-refractivity contribution < 1.29 is 67.1 Å². The molecule has 0 aromatic heterocycles. The molecule has 126 valence electrons. The van der Waals surface area contributed by atoms with Crippen LogP contribution >= 0.6 is 12.6 Å². The van der Waals surface area contributed by atoms with E-state index >= 15 is 0 Å². The van der Waals surface area contributed by atoms with E-state index < -0.39 is 5.44 Å². The maximum Gasteiger partial charge on any atom is 1.00 e. The molecule has 0 heterocycles. The van der Waals surface area contributed by atoms with Gasteiger partial charge in [-0.05, 0) is 13.3 Å². The summed E-state index contributed by atoms with van der Waals surface area (Å²) in [6.07, 6.45) is 11.2. The van der Waals surface area contributed by atoms with Crippen molar-refractivity contribution in [1.29, 1.82) is 0 Å². The number of nitrogens with one attached hydrogen (secondary N) is 1. The first-order chi connectivity index (χ1) is 10.1. The van der Waals surface area contributed by atoms with Gasteiger partial charge in [-0.15, -0.1) is 12.6 Å². The Morgan fingerprint density at radius 3 is 2.00 bits per heavy atom. The largest absolute Gasteiger partial charge is 1.00 e. The van der Waals surface area contributed by atoms with Gasteiger partial charge in [0, 0.05) is 13.0 Å². The number of thiol groups is 1. The van der Waals surface area contributed by atoms with Crippen LogP contribution in [0.4, 0.5) is 0 Å². The standard InChI is InChI=1S/C16H31NO3S.K.H/c1-3-5-6-7-8-9-10-11-12-13-14(18)20-16(21)15(19)17-4-2;;/h16,21H,3-13H2,1-2H3,(H,17,19);;/q;+1;-1. The Kier molecular flexibility index (Phi) is 20.9. The summed E-state index contributed by atoms with van der Waals surface area (Å²) in [4.78, 5) is 22.9. The number of carbonyl (C=O) groups excluding carboxylic acids is 2. The summed E-state index contributed by atoms with van der Waals surface area (Å²) in [6, 6.07) is 0. The molecule has 0 fully saturated rings. The van der Waals surface area contributed by atoms with Crippen molar-refractivity contribution in [2.24, 2.45) is 0 Å². The third kappa shape index (κ3) is 15.8.